The monoisotopic (exact) mass is 248 g/mol. The van der Waals surface area contributed by atoms with E-state index in [-0.39, 0.29) is 5.91 Å². The van der Waals surface area contributed by atoms with Gasteiger partial charge in [-0.25, -0.2) is 4.79 Å². The average molecular weight is 248 g/mol. The van der Waals surface area contributed by atoms with Crippen molar-refractivity contribution < 1.29 is 14.7 Å². The summed E-state index contributed by atoms with van der Waals surface area (Å²) in [5.41, 5.74) is 5.59. The van der Waals surface area contributed by atoms with E-state index < -0.39 is 18.1 Å². The molecule has 0 saturated heterocycles. The first kappa shape index (κ1) is 15.2. The molecule has 0 aromatic rings. The van der Waals surface area contributed by atoms with Crippen LogP contribution in [-0.2, 0) is 9.59 Å². The molecule has 0 aromatic carbocycles. The highest BCUT2D eigenvalue weighted by molar-refractivity contribution is 7.98. The minimum absolute atomic E-state index is 0.379. The second-order valence-electron chi connectivity index (χ2n) is 3.58. The Hall–Kier alpha value is -0.750. The minimum atomic E-state index is -1.01. The van der Waals surface area contributed by atoms with Gasteiger partial charge in [-0.05, 0) is 24.9 Å². The maximum atomic E-state index is 11.5. The summed E-state index contributed by atoms with van der Waals surface area (Å²) in [6.07, 6.45) is 3.68. The van der Waals surface area contributed by atoms with E-state index in [2.05, 4.69) is 5.32 Å². The van der Waals surface area contributed by atoms with E-state index in [0.29, 0.717) is 18.6 Å². The van der Waals surface area contributed by atoms with Crippen LogP contribution >= 0.6 is 11.8 Å². The Morgan fingerprint density at radius 1 is 1.44 bits per heavy atom. The first-order valence-corrected chi connectivity index (χ1v) is 6.70. The number of nitrogens with two attached hydrogens (primary N) is 1. The van der Waals surface area contributed by atoms with Gasteiger partial charge in [0, 0.05) is 0 Å². The van der Waals surface area contributed by atoms with Gasteiger partial charge in [-0.15, -0.1) is 0 Å². The molecule has 0 aliphatic rings. The van der Waals surface area contributed by atoms with Crippen molar-refractivity contribution in [1.29, 1.82) is 0 Å². The van der Waals surface area contributed by atoms with Gasteiger partial charge in [0.25, 0.3) is 0 Å². The number of hydrogen-bond acceptors (Lipinski definition) is 4. The number of carboxylic acids is 1. The first-order valence-electron chi connectivity index (χ1n) is 5.30. The molecule has 0 aliphatic heterocycles. The third-order valence-corrected chi connectivity index (χ3v) is 2.81. The second-order valence-corrected chi connectivity index (χ2v) is 4.56. The Bertz CT molecular complexity index is 236. The quantitative estimate of drug-likeness (QED) is 0.579. The molecule has 0 fully saturated rings. The maximum Gasteiger partial charge on any atom is 0.326 e. The number of aliphatic carboxylic acids is 1. The summed E-state index contributed by atoms with van der Waals surface area (Å²) in [6, 6.07) is -1.44. The summed E-state index contributed by atoms with van der Waals surface area (Å²) in [5.74, 6) is -0.693. The van der Waals surface area contributed by atoms with Crippen LogP contribution in [0.25, 0.3) is 0 Å². The molecule has 16 heavy (non-hydrogen) atoms. The summed E-state index contributed by atoms with van der Waals surface area (Å²) in [6.45, 7) is 1.93. The molecular weight excluding hydrogens is 228 g/mol. The van der Waals surface area contributed by atoms with Crippen LogP contribution in [0.3, 0.4) is 0 Å². The Morgan fingerprint density at radius 3 is 2.50 bits per heavy atom. The third-order valence-electron chi connectivity index (χ3n) is 2.16. The maximum absolute atomic E-state index is 11.5. The summed E-state index contributed by atoms with van der Waals surface area (Å²) in [5, 5.41) is 11.4. The Kier molecular flexibility index (Phi) is 8.01. The molecule has 0 spiro atoms. The number of amides is 1. The van der Waals surface area contributed by atoms with E-state index in [4.69, 9.17) is 10.8 Å². The highest BCUT2D eigenvalue weighted by atomic mass is 32.2. The highest BCUT2D eigenvalue weighted by Crippen LogP contribution is 2.02. The largest absolute Gasteiger partial charge is 0.480 e. The summed E-state index contributed by atoms with van der Waals surface area (Å²) in [4.78, 5) is 22.4. The van der Waals surface area contributed by atoms with Gasteiger partial charge in [-0.1, -0.05) is 13.3 Å². The third kappa shape index (κ3) is 5.97. The molecule has 0 rings (SSSR count). The van der Waals surface area contributed by atoms with Crippen molar-refractivity contribution >= 4 is 23.6 Å². The first-order chi connectivity index (χ1) is 7.52. The van der Waals surface area contributed by atoms with Gasteiger partial charge in [0.2, 0.25) is 5.91 Å². The number of rotatable bonds is 8. The Morgan fingerprint density at radius 2 is 2.06 bits per heavy atom. The normalized spacial score (nSPS) is 14.2. The van der Waals surface area contributed by atoms with Gasteiger partial charge < -0.3 is 16.2 Å². The molecule has 1 amide bonds. The summed E-state index contributed by atoms with van der Waals surface area (Å²) >= 11 is 1.55. The number of thioether (sulfide) groups is 1. The second kappa shape index (κ2) is 8.41. The van der Waals surface area contributed by atoms with Gasteiger partial charge in [0.15, 0.2) is 0 Å². The molecule has 0 aliphatic carbocycles. The van der Waals surface area contributed by atoms with Crippen LogP contribution in [0.4, 0.5) is 0 Å². The SMILES string of the molecule is CCC[C@H](N)C(=O)N[C@H](CCSC)C(=O)O. The zero-order valence-electron chi connectivity index (χ0n) is 9.73. The Labute approximate surface area is 100 Å². The topological polar surface area (TPSA) is 92.4 Å². The lowest BCUT2D eigenvalue weighted by molar-refractivity contribution is -0.142. The lowest BCUT2D eigenvalue weighted by Crippen LogP contribution is -2.48. The van der Waals surface area contributed by atoms with Gasteiger partial charge in [0.1, 0.15) is 6.04 Å². The molecule has 0 heterocycles. The molecule has 0 radical (unpaired) electrons. The van der Waals surface area contributed by atoms with Crippen molar-refractivity contribution in [3.05, 3.63) is 0 Å². The number of carbonyl (C=O) groups excluding carboxylic acids is 1. The van der Waals surface area contributed by atoms with E-state index in [9.17, 15) is 9.59 Å². The van der Waals surface area contributed by atoms with Crippen LogP contribution in [0.2, 0.25) is 0 Å². The van der Waals surface area contributed by atoms with Crippen LogP contribution < -0.4 is 11.1 Å². The fourth-order valence-electron chi connectivity index (χ4n) is 1.21. The van der Waals surface area contributed by atoms with E-state index in [1.54, 1.807) is 11.8 Å². The van der Waals surface area contributed by atoms with E-state index in [0.717, 1.165) is 6.42 Å². The molecule has 6 heteroatoms. The highest BCUT2D eigenvalue weighted by Gasteiger charge is 2.22. The van der Waals surface area contributed by atoms with E-state index in [1.165, 1.54) is 0 Å². The molecule has 0 unspecified atom stereocenters. The van der Waals surface area contributed by atoms with Gasteiger partial charge in [0.05, 0.1) is 6.04 Å². The van der Waals surface area contributed by atoms with Crippen molar-refractivity contribution in [3.63, 3.8) is 0 Å². The predicted octanol–water partition coefficient (Wildman–Crippen LogP) is 0.436. The average Bonchev–Trinajstić information content (AvgIpc) is 2.23. The molecule has 0 aromatic heterocycles. The number of carbonyl (C=O) groups is 2. The number of hydrogen-bond donors (Lipinski definition) is 3. The van der Waals surface area contributed by atoms with Crippen molar-refractivity contribution in [3.8, 4) is 0 Å². The van der Waals surface area contributed by atoms with Crippen LogP contribution in [0.1, 0.15) is 26.2 Å². The van der Waals surface area contributed by atoms with Crippen LogP contribution in [0.15, 0.2) is 0 Å². The molecule has 2 atom stereocenters. The molecule has 0 saturated carbocycles. The smallest absolute Gasteiger partial charge is 0.326 e. The zero-order valence-corrected chi connectivity index (χ0v) is 10.5. The lowest BCUT2D eigenvalue weighted by atomic mass is 10.1. The van der Waals surface area contributed by atoms with Gasteiger partial charge in [-0.2, -0.15) is 11.8 Å². The summed E-state index contributed by atoms with van der Waals surface area (Å²) < 4.78 is 0. The standard InChI is InChI=1S/C10H20N2O3S/c1-3-4-7(11)9(13)12-8(10(14)15)5-6-16-2/h7-8H,3-6,11H2,1-2H3,(H,12,13)(H,14,15)/t7-,8+/m0/s1. The van der Waals surface area contributed by atoms with Crippen molar-refractivity contribution in [2.75, 3.05) is 12.0 Å². The molecule has 4 N–H and O–H groups in total. The molecule has 5 nitrogen and oxygen atoms in total. The van der Waals surface area contributed by atoms with Crippen LogP contribution in [0, 0.1) is 0 Å². The van der Waals surface area contributed by atoms with Crippen molar-refractivity contribution in [2.24, 2.45) is 5.73 Å². The van der Waals surface area contributed by atoms with Crippen molar-refractivity contribution in [1.82, 2.24) is 5.32 Å². The predicted molar refractivity (Wildman–Crippen MR) is 65.4 cm³/mol. The van der Waals surface area contributed by atoms with Crippen LogP contribution in [-0.4, -0.2) is 41.1 Å². The van der Waals surface area contributed by atoms with Gasteiger partial charge >= 0.3 is 5.97 Å². The van der Waals surface area contributed by atoms with E-state index >= 15 is 0 Å². The fourth-order valence-corrected chi connectivity index (χ4v) is 1.69. The number of nitrogens with one attached hydrogen (secondary N) is 1. The van der Waals surface area contributed by atoms with Gasteiger partial charge in [-0.3, -0.25) is 4.79 Å². The van der Waals surface area contributed by atoms with E-state index in [1.807, 2.05) is 13.2 Å². The molecular formula is C10H20N2O3S. The fraction of sp³-hybridized carbons (Fsp3) is 0.800. The molecule has 0 bridgehead atoms. The van der Waals surface area contributed by atoms with Crippen LogP contribution in [0.5, 0.6) is 0 Å². The molecule has 94 valence electrons. The minimum Gasteiger partial charge on any atom is -0.480 e. The summed E-state index contributed by atoms with van der Waals surface area (Å²) in [7, 11) is 0. The Balaban J connectivity index is 4.17. The lowest BCUT2D eigenvalue weighted by Gasteiger charge is -2.17. The number of carboxylic acid groups (broad SMARTS) is 1. The zero-order chi connectivity index (χ0) is 12.6. The van der Waals surface area contributed by atoms with Crippen molar-refractivity contribution in [2.45, 2.75) is 38.3 Å².